The zero-order chi connectivity index (χ0) is 16.5. The molecule has 2 heteroatoms. The van der Waals surface area contributed by atoms with Crippen LogP contribution >= 0.6 is 11.6 Å². The summed E-state index contributed by atoms with van der Waals surface area (Å²) >= 11 is 6.16. The molecule has 1 atom stereocenters. The topological polar surface area (TPSA) is 3.24 Å². The van der Waals surface area contributed by atoms with Crippen molar-refractivity contribution in [3.8, 4) is 11.1 Å². The Labute approximate surface area is 148 Å². The molecule has 0 radical (unpaired) electrons. The maximum Gasteiger partial charge on any atom is 0.0412 e. The smallest absolute Gasteiger partial charge is 0.0412 e. The SMILES string of the molecule is CN1Cc2cc(-c3cccc(Cl)c3)ccc2[C@@H](c2ccccc2)C1. The van der Waals surface area contributed by atoms with Gasteiger partial charge in [-0.2, -0.15) is 0 Å². The minimum absolute atomic E-state index is 0.438. The van der Waals surface area contributed by atoms with Crippen molar-refractivity contribution >= 4 is 11.6 Å². The zero-order valence-corrected chi connectivity index (χ0v) is 14.5. The van der Waals surface area contributed by atoms with Gasteiger partial charge in [-0.15, -0.1) is 0 Å². The molecule has 120 valence electrons. The molecule has 0 spiro atoms. The first-order valence-electron chi connectivity index (χ1n) is 8.33. The molecule has 0 aromatic heterocycles. The first kappa shape index (κ1) is 15.4. The monoisotopic (exact) mass is 333 g/mol. The van der Waals surface area contributed by atoms with Crippen LogP contribution in [0, 0.1) is 0 Å². The van der Waals surface area contributed by atoms with Crippen LogP contribution in [0.1, 0.15) is 22.6 Å². The van der Waals surface area contributed by atoms with Gasteiger partial charge >= 0.3 is 0 Å². The third-order valence-corrected chi connectivity index (χ3v) is 5.05. The molecule has 0 fully saturated rings. The van der Waals surface area contributed by atoms with E-state index in [0.29, 0.717) is 5.92 Å². The van der Waals surface area contributed by atoms with Gasteiger partial charge in [0.05, 0.1) is 0 Å². The van der Waals surface area contributed by atoms with Crippen molar-refractivity contribution < 1.29 is 0 Å². The van der Waals surface area contributed by atoms with Crippen molar-refractivity contribution in [3.63, 3.8) is 0 Å². The number of benzene rings is 3. The van der Waals surface area contributed by atoms with E-state index in [4.69, 9.17) is 11.6 Å². The van der Waals surface area contributed by atoms with Crippen molar-refractivity contribution in [2.24, 2.45) is 0 Å². The highest BCUT2D eigenvalue weighted by atomic mass is 35.5. The molecule has 3 aromatic carbocycles. The fourth-order valence-corrected chi connectivity index (χ4v) is 3.86. The van der Waals surface area contributed by atoms with Gasteiger partial charge in [0.25, 0.3) is 0 Å². The molecule has 0 amide bonds. The van der Waals surface area contributed by atoms with E-state index in [0.717, 1.165) is 18.1 Å². The quantitative estimate of drug-likeness (QED) is 0.591. The summed E-state index contributed by atoms with van der Waals surface area (Å²) in [5, 5.41) is 0.782. The van der Waals surface area contributed by atoms with Crippen LogP contribution in [0.4, 0.5) is 0 Å². The van der Waals surface area contributed by atoms with Gasteiger partial charge in [0.15, 0.2) is 0 Å². The summed E-state index contributed by atoms with van der Waals surface area (Å²) in [7, 11) is 2.20. The standard InChI is InChI=1S/C22H20ClN/c1-24-14-19-12-18(17-8-5-9-20(23)13-17)10-11-21(19)22(15-24)16-6-3-2-4-7-16/h2-13,22H,14-15H2,1H3/t22-/m1/s1. The largest absolute Gasteiger partial charge is 0.301 e. The van der Waals surface area contributed by atoms with Gasteiger partial charge in [-0.3, -0.25) is 0 Å². The van der Waals surface area contributed by atoms with Crippen LogP contribution in [0.2, 0.25) is 5.02 Å². The number of likely N-dealkylation sites (N-methyl/N-ethyl adjacent to an activating group) is 1. The van der Waals surface area contributed by atoms with Crippen molar-refractivity contribution in [1.82, 2.24) is 4.90 Å². The van der Waals surface area contributed by atoms with Crippen LogP contribution in [-0.2, 0) is 6.54 Å². The van der Waals surface area contributed by atoms with E-state index in [-0.39, 0.29) is 0 Å². The van der Waals surface area contributed by atoms with E-state index in [1.54, 1.807) is 0 Å². The minimum Gasteiger partial charge on any atom is -0.301 e. The lowest BCUT2D eigenvalue weighted by atomic mass is 9.83. The second-order valence-electron chi connectivity index (χ2n) is 6.58. The molecule has 0 aliphatic carbocycles. The fourth-order valence-electron chi connectivity index (χ4n) is 3.67. The first-order chi connectivity index (χ1) is 11.7. The summed E-state index contributed by atoms with van der Waals surface area (Å²) in [4.78, 5) is 2.40. The normalized spacial score (nSPS) is 17.5. The Morgan fingerprint density at radius 1 is 0.875 bits per heavy atom. The summed E-state index contributed by atoms with van der Waals surface area (Å²) in [5.74, 6) is 0.438. The van der Waals surface area contributed by atoms with Crippen LogP contribution in [-0.4, -0.2) is 18.5 Å². The predicted molar refractivity (Wildman–Crippen MR) is 102 cm³/mol. The first-order valence-corrected chi connectivity index (χ1v) is 8.71. The Bertz CT molecular complexity index is 857. The third-order valence-electron chi connectivity index (χ3n) is 4.81. The molecule has 0 bridgehead atoms. The molecule has 0 saturated carbocycles. The molecular weight excluding hydrogens is 314 g/mol. The van der Waals surface area contributed by atoms with Crippen LogP contribution in [0.15, 0.2) is 72.8 Å². The van der Waals surface area contributed by atoms with Crippen LogP contribution in [0.5, 0.6) is 0 Å². The molecule has 3 aromatic rings. The van der Waals surface area contributed by atoms with Crippen molar-refractivity contribution in [1.29, 1.82) is 0 Å². The van der Waals surface area contributed by atoms with Gasteiger partial charge in [0.2, 0.25) is 0 Å². The number of hydrogen-bond acceptors (Lipinski definition) is 1. The molecule has 0 N–H and O–H groups in total. The second-order valence-corrected chi connectivity index (χ2v) is 7.02. The van der Waals surface area contributed by atoms with Gasteiger partial charge in [-0.25, -0.2) is 0 Å². The lowest BCUT2D eigenvalue weighted by Gasteiger charge is -2.33. The Kier molecular flexibility index (Phi) is 4.13. The van der Waals surface area contributed by atoms with Crippen LogP contribution in [0.3, 0.4) is 0 Å². The minimum atomic E-state index is 0.438. The maximum absolute atomic E-state index is 6.16. The molecule has 1 aliphatic rings. The highest BCUT2D eigenvalue weighted by molar-refractivity contribution is 6.30. The van der Waals surface area contributed by atoms with Gasteiger partial charge in [-0.05, 0) is 53.1 Å². The van der Waals surface area contributed by atoms with Crippen LogP contribution in [0.25, 0.3) is 11.1 Å². The Hall–Kier alpha value is -2.09. The van der Waals surface area contributed by atoms with E-state index < -0.39 is 0 Å². The van der Waals surface area contributed by atoms with E-state index in [1.165, 1.54) is 27.8 Å². The van der Waals surface area contributed by atoms with Gasteiger partial charge in [0.1, 0.15) is 0 Å². The Morgan fingerprint density at radius 2 is 1.67 bits per heavy atom. The molecule has 1 nitrogen and oxygen atoms in total. The summed E-state index contributed by atoms with van der Waals surface area (Å²) in [5.41, 5.74) is 6.66. The molecule has 24 heavy (non-hydrogen) atoms. The number of fused-ring (bicyclic) bond motifs is 1. The second kappa shape index (κ2) is 6.43. The van der Waals surface area contributed by atoms with E-state index in [9.17, 15) is 0 Å². The number of rotatable bonds is 2. The van der Waals surface area contributed by atoms with Crippen molar-refractivity contribution in [2.45, 2.75) is 12.5 Å². The van der Waals surface area contributed by atoms with E-state index in [2.05, 4.69) is 66.5 Å². The number of hydrogen-bond donors (Lipinski definition) is 0. The predicted octanol–water partition coefficient (Wildman–Crippen LogP) is 5.58. The average molecular weight is 334 g/mol. The van der Waals surface area contributed by atoms with Crippen molar-refractivity contribution in [2.75, 3.05) is 13.6 Å². The molecule has 0 unspecified atom stereocenters. The number of nitrogens with zero attached hydrogens (tertiary/aromatic N) is 1. The Morgan fingerprint density at radius 3 is 2.46 bits per heavy atom. The summed E-state index contributed by atoms with van der Waals surface area (Å²) in [6, 6.07) is 25.7. The van der Waals surface area contributed by atoms with Crippen LogP contribution < -0.4 is 0 Å². The molecule has 1 heterocycles. The summed E-state index contributed by atoms with van der Waals surface area (Å²) in [6.45, 7) is 2.06. The highest BCUT2D eigenvalue weighted by Gasteiger charge is 2.24. The fraction of sp³-hybridized carbons (Fsp3) is 0.182. The molecule has 4 rings (SSSR count). The Balaban J connectivity index is 1.77. The molecule has 1 aliphatic heterocycles. The van der Waals surface area contributed by atoms with Gasteiger partial charge < -0.3 is 4.90 Å². The third kappa shape index (κ3) is 2.98. The van der Waals surface area contributed by atoms with E-state index in [1.807, 2.05) is 18.2 Å². The van der Waals surface area contributed by atoms with Gasteiger partial charge in [0, 0.05) is 24.0 Å². The average Bonchev–Trinajstić information content (AvgIpc) is 2.61. The van der Waals surface area contributed by atoms with Crippen molar-refractivity contribution in [3.05, 3.63) is 94.5 Å². The summed E-state index contributed by atoms with van der Waals surface area (Å²) < 4.78 is 0. The van der Waals surface area contributed by atoms with Gasteiger partial charge in [-0.1, -0.05) is 66.2 Å². The highest BCUT2D eigenvalue weighted by Crippen LogP contribution is 2.35. The summed E-state index contributed by atoms with van der Waals surface area (Å²) in [6.07, 6.45) is 0. The van der Waals surface area contributed by atoms with E-state index >= 15 is 0 Å². The maximum atomic E-state index is 6.16. The lowest BCUT2D eigenvalue weighted by Crippen LogP contribution is -2.30. The molecule has 0 saturated heterocycles. The number of halogens is 1. The lowest BCUT2D eigenvalue weighted by molar-refractivity contribution is 0.295. The molecular formula is C22H20ClN. The zero-order valence-electron chi connectivity index (χ0n) is 13.7.